The smallest absolute Gasteiger partial charge is 0.325 e. The molecule has 1 saturated carbocycles. The third kappa shape index (κ3) is 1.28. The molecule has 1 aliphatic rings. The van der Waals surface area contributed by atoms with Crippen molar-refractivity contribution in [3.63, 3.8) is 0 Å². The molecule has 0 amide bonds. The maximum Gasteiger partial charge on any atom is 0.325 e. The van der Waals surface area contributed by atoms with Crippen LogP contribution in [0.3, 0.4) is 0 Å². The van der Waals surface area contributed by atoms with Crippen molar-refractivity contribution in [2.45, 2.75) is 32.6 Å². The van der Waals surface area contributed by atoms with Crippen molar-refractivity contribution in [3.8, 4) is 0 Å². The molecule has 0 aromatic heterocycles. The van der Waals surface area contributed by atoms with Crippen LogP contribution in [0, 0.1) is 11.3 Å². The van der Waals surface area contributed by atoms with E-state index in [4.69, 9.17) is 16.7 Å². The lowest BCUT2D eigenvalue weighted by molar-refractivity contribution is -0.138. The SMILES string of the molecule is CC(C)=C[C@H]1C(C)(C)[C@@]1(Cl)C(=O)O. The first-order chi connectivity index (χ1) is 5.74. The van der Waals surface area contributed by atoms with Crippen molar-refractivity contribution in [1.29, 1.82) is 0 Å². The van der Waals surface area contributed by atoms with Crippen LogP contribution in [0.5, 0.6) is 0 Å². The Bertz CT molecular complexity index is 277. The van der Waals surface area contributed by atoms with Crippen molar-refractivity contribution < 1.29 is 9.90 Å². The highest BCUT2D eigenvalue weighted by Gasteiger charge is 2.74. The van der Waals surface area contributed by atoms with Crippen LogP contribution in [0.15, 0.2) is 11.6 Å². The van der Waals surface area contributed by atoms with Crippen LogP contribution < -0.4 is 0 Å². The van der Waals surface area contributed by atoms with Gasteiger partial charge in [-0.05, 0) is 13.8 Å². The maximum absolute atomic E-state index is 10.9. The fraction of sp³-hybridized carbons (Fsp3) is 0.700. The number of carbonyl (C=O) groups is 1. The third-order valence-electron chi connectivity index (χ3n) is 2.87. The summed E-state index contributed by atoms with van der Waals surface area (Å²) >= 11 is 6.04. The van der Waals surface area contributed by atoms with Gasteiger partial charge in [-0.25, -0.2) is 0 Å². The van der Waals surface area contributed by atoms with Crippen molar-refractivity contribution in [2.24, 2.45) is 11.3 Å². The standard InChI is InChI=1S/C10H15ClO2/c1-6(2)5-7-9(3,4)10(7,11)8(12)13/h5,7H,1-4H3,(H,12,13)/t7-,10-/m0/s1. The summed E-state index contributed by atoms with van der Waals surface area (Å²) < 4.78 is 0. The molecule has 0 unspecified atom stereocenters. The zero-order chi connectivity index (χ0) is 10.4. The molecule has 13 heavy (non-hydrogen) atoms. The highest BCUT2D eigenvalue weighted by Crippen LogP contribution is 2.67. The number of halogens is 1. The molecular formula is C10H15ClO2. The number of hydrogen-bond donors (Lipinski definition) is 1. The topological polar surface area (TPSA) is 37.3 Å². The summed E-state index contributed by atoms with van der Waals surface area (Å²) in [6, 6.07) is 0. The van der Waals surface area contributed by atoms with Gasteiger partial charge in [-0.3, -0.25) is 4.79 Å². The minimum atomic E-state index is -1.09. The summed E-state index contributed by atoms with van der Waals surface area (Å²) in [5.41, 5.74) is 0.777. The van der Waals surface area contributed by atoms with Gasteiger partial charge in [-0.1, -0.05) is 25.5 Å². The number of aliphatic carboxylic acids is 1. The Kier molecular flexibility index (Phi) is 2.23. The van der Waals surface area contributed by atoms with E-state index in [1.807, 2.05) is 33.8 Å². The first-order valence-corrected chi connectivity index (χ1v) is 4.69. The van der Waals surface area contributed by atoms with Gasteiger partial charge < -0.3 is 5.11 Å². The predicted octanol–water partition coefficient (Wildman–Crippen LogP) is 2.67. The first-order valence-electron chi connectivity index (χ1n) is 4.32. The normalized spacial score (nSPS) is 35.3. The average molecular weight is 203 g/mol. The molecule has 1 fully saturated rings. The van der Waals surface area contributed by atoms with Gasteiger partial charge in [0.25, 0.3) is 0 Å². The number of carboxylic acid groups (broad SMARTS) is 1. The van der Waals surface area contributed by atoms with Gasteiger partial charge >= 0.3 is 5.97 Å². The summed E-state index contributed by atoms with van der Waals surface area (Å²) in [6.07, 6.45) is 1.95. The van der Waals surface area contributed by atoms with Crippen molar-refractivity contribution in [2.75, 3.05) is 0 Å². The molecule has 0 heterocycles. The quantitative estimate of drug-likeness (QED) is 0.552. The summed E-state index contributed by atoms with van der Waals surface area (Å²) in [4.78, 5) is 9.84. The van der Waals surface area contributed by atoms with E-state index in [0.717, 1.165) is 5.57 Å². The molecule has 0 saturated heterocycles. The van der Waals surface area contributed by atoms with Gasteiger partial charge in [0.05, 0.1) is 0 Å². The van der Waals surface area contributed by atoms with E-state index in [1.54, 1.807) is 0 Å². The van der Waals surface area contributed by atoms with Gasteiger partial charge in [-0.2, -0.15) is 0 Å². The van der Waals surface area contributed by atoms with Gasteiger partial charge in [0, 0.05) is 11.3 Å². The zero-order valence-corrected chi connectivity index (χ0v) is 9.14. The molecule has 0 radical (unpaired) electrons. The van der Waals surface area contributed by atoms with Crippen LogP contribution in [0.1, 0.15) is 27.7 Å². The molecule has 2 atom stereocenters. The third-order valence-corrected chi connectivity index (χ3v) is 3.76. The molecule has 0 aliphatic heterocycles. The van der Waals surface area contributed by atoms with E-state index in [-0.39, 0.29) is 11.3 Å². The van der Waals surface area contributed by atoms with E-state index in [2.05, 4.69) is 0 Å². The number of alkyl halides is 1. The summed E-state index contributed by atoms with van der Waals surface area (Å²) in [5.74, 6) is -0.967. The molecular weight excluding hydrogens is 188 g/mol. The second-order valence-electron chi connectivity index (χ2n) is 4.46. The van der Waals surface area contributed by atoms with Crippen molar-refractivity contribution >= 4 is 17.6 Å². The van der Waals surface area contributed by atoms with Crippen LogP contribution in [0.25, 0.3) is 0 Å². The Balaban J connectivity index is 2.95. The lowest BCUT2D eigenvalue weighted by Gasteiger charge is -2.03. The first kappa shape index (κ1) is 10.6. The van der Waals surface area contributed by atoms with Gasteiger partial charge in [0.1, 0.15) is 0 Å². The molecule has 1 rings (SSSR count). The fourth-order valence-corrected chi connectivity index (χ4v) is 2.21. The number of rotatable bonds is 2. The lowest BCUT2D eigenvalue weighted by atomic mass is 10.1. The summed E-state index contributed by atoms with van der Waals surface area (Å²) in [5, 5.41) is 8.97. The van der Waals surface area contributed by atoms with E-state index in [1.165, 1.54) is 0 Å². The molecule has 2 nitrogen and oxygen atoms in total. The second kappa shape index (κ2) is 2.74. The molecule has 0 aromatic rings. The molecule has 0 spiro atoms. The summed E-state index contributed by atoms with van der Waals surface area (Å²) in [6.45, 7) is 7.68. The van der Waals surface area contributed by atoms with Crippen LogP contribution in [-0.2, 0) is 4.79 Å². The Hall–Kier alpha value is -0.500. The predicted molar refractivity (Wildman–Crippen MR) is 52.9 cm³/mol. The van der Waals surface area contributed by atoms with Crippen LogP contribution >= 0.6 is 11.6 Å². The van der Waals surface area contributed by atoms with Crippen LogP contribution in [0.2, 0.25) is 0 Å². The number of hydrogen-bond acceptors (Lipinski definition) is 1. The maximum atomic E-state index is 10.9. The largest absolute Gasteiger partial charge is 0.480 e. The van der Waals surface area contributed by atoms with Gasteiger partial charge in [-0.15, -0.1) is 11.6 Å². The van der Waals surface area contributed by atoms with Crippen molar-refractivity contribution in [1.82, 2.24) is 0 Å². The van der Waals surface area contributed by atoms with Gasteiger partial charge in [0.15, 0.2) is 4.87 Å². The highest BCUT2D eigenvalue weighted by molar-refractivity contribution is 6.37. The fourth-order valence-electron chi connectivity index (χ4n) is 1.81. The molecule has 74 valence electrons. The minimum absolute atomic E-state index is 0.0517. The lowest BCUT2D eigenvalue weighted by Crippen LogP contribution is -2.21. The van der Waals surface area contributed by atoms with E-state index in [0.29, 0.717) is 0 Å². The molecule has 1 aliphatic carbocycles. The second-order valence-corrected chi connectivity index (χ2v) is 5.06. The number of carboxylic acids is 1. The zero-order valence-electron chi connectivity index (χ0n) is 8.39. The van der Waals surface area contributed by atoms with Crippen LogP contribution in [0.4, 0.5) is 0 Å². The molecule has 3 heteroatoms. The minimum Gasteiger partial charge on any atom is -0.480 e. The number of allylic oxidation sites excluding steroid dienone is 2. The monoisotopic (exact) mass is 202 g/mol. The van der Waals surface area contributed by atoms with E-state index >= 15 is 0 Å². The Labute approximate surface area is 83.6 Å². The van der Waals surface area contributed by atoms with Crippen molar-refractivity contribution in [3.05, 3.63) is 11.6 Å². The Morgan fingerprint density at radius 3 is 2.15 bits per heavy atom. The summed E-state index contributed by atoms with van der Waals surface area (Å²) in [7, 11) is 0. The van der Waals surface area contributed by atoms with E-state index in [9.17, 15) is 4.79 Å². The molecule has 0 bridgehead atoms. The van der Waals surface area contributed by atoms with Gasteiger partial charge in [0.2, 0.25) is 0 Å². The van der Waals surface area contributed by atoms with E-state index < -0.39 is 10.8 Å². The molecule has 1 N–H and O–H groups in total. The highest BCUT2D eigenvalue weighted by atomic mass is 35.5. The Morgan fingerprint density at radius 2 is 1.92 bits per heavy atom. The Morgan fingerprint density at radius 1 is 1.46 bits per heavy atom. The molecule has 0 aromatic carbocycles. The van der Waals surface area contributed by atoms with Crippen LogP contribution in [-0.4, -0.2) is 16.0 Å². The average Bonchev–Trinajstić information content (AvgIpc) is 2.35.